The van der Waals surface area contributed by atoms with Crippen molar-refractivity contribution in [3.63, 3.8) is 0 Å². The Morgan fingerprint density at radius 2 is 2.09 bits per heavy atom. The molecule has 4 nitrogen and oxygen atoms in total. The second kappa shape index (κ2) is 6.73. The quantitative estimate of drug-likeness (QED) is 0.706. The molecule has 3 aromatic rings. The molecule has 22 heavy (non-hydrogen) atoms. The van der Waals surface area contributed by atoms with Gasteiger partial charge in [0, 0.05) is 10.5 Å². The van der Waals surface area contributed by atoms with E-state index in [4.69, 9.17) is 0 Å². The van der Waals surface area contributed by atoms with E-state index in [1.807, 2.05) is 23.6 Å². The summed E-state index contributed by atoms with van der Waals surface area (Å²) in [5.74, 6) is 0.673. The van der Waals surface area contributed by atoms with Gasteiger partial charge in [0.05, 0.1) is 12.1 Å². The van der Waals surface area contributed by atoms with Crippen LogP contribution in [0.4, 0.5) is 0 Å². The lowest BCUT2D eigenvalue weighted by Gasteiger charge is -2.17. The normalized spacial score (nSPS) is 12.6. The molecule has 2 heterocycles. The third kappa shape index (κ3) is 3.29. The number of halogens is 1. The topological polar surface area (TPSA) is 57.8 Å². The van der Waals surface area contributed by atoms with Gasteiger partial charge in [-0.3, -0.25) is 4.79 Å². The minimum atomic E-state index is -0.0616. The Balaban J connectivity index is 1.76. The zero-order valence-electron chi connectivity index (χ0n) is 12.1. The van der Waals surface area contributed by atoms with E-state index in [-0.39, 0.29) is 11.6 Å². The SMILES string of the molecule is CCC(NCc1nc2ccsc2c(=O)[nH]1)c1ccc(Br)cc1. The molecule has 0 saturated heterocycles. The van der Waals surface area contributed by atoms with Gasteiger partial charge in [-0.25, -0.2) is 4.98 Å². The van der Waals surface area contributed by atoms with E-state index in [1.54, 1.807) is 0 Å². The van der Waals surface area contributed by atoms with E-state index in [1.165, 1.54) is 16.9 Å². The van der Waals surface area contributed by atoms with Crippen LogP contribution in [-0.4, -0.2) is 9.97 Å². The summed E-state index contributed by atoms with van der Waals surface area (Å²) in [5, 5.41) is 5.35. The number of thiophene rings is 1. The Morgan fingerprint density at radius 3 is 2.82 bits per heavy atom. The molecular formula is C16H16BrN3OS. The first-order valence-electron chi connectivity index (χ1n) is 7.12. The van der Waals surface area contributed by atoms with Crippen LogP contribution in [0.15, 0.2) is 45.0 Å². The Hall–Kier alpha value is -1.50. The second-order valence-electron chi connectivity index (χ2n) is 5.04. The molecule has 0 spiro atoms. The number of aromatic amines is 1. The van der Waals surface area contributed by atoms with Crippen molar-refractivity contribution in [3.05, 3.63) is 61.9 Å². The van der Waals surface area contributed by atoms with Gasteiger partial charge in [0.25, 0.3) is 5.56 Å². The molecule has 0 radical (unpaired) electrons. The largest absolute Gasteiger partial charge is 0.308 e. The molecule has 6 heteroatoms. The molecule has 114 valence electrons. The number of hydrogen-bond acceptors (Lipinski definition) is 4. The fourth-order valence-electron chi connectivity index (χ4n) is 2.42. The van der Waals surface area contributed by atoms with Gasteiger partial charge in [0.1, 0.15) is 10.5 Å². The van der Waals surface area contributed by atoms with Crippen molar-refractivity contribution in [2.75, 3.05) is 0 Å². The molecule has 0 amide bonds. The molecule has 0 bridgehead atoms. The number of nitrogens with zero attached hydrogens (tertiary/aromatic N) is 1. The van der Waals surface area contributed by atoms with E-state index in [0.29, 0.717) is 17.1 Å². The molecule has 0 aliphatic heterocycles. The molecule has 1 aromatic carbocycles. The number of hydrogen-bond donors (Lipinski definition) is 2. The standard InChI is InChI=1S/C16H16BrN3OS/c1-2-12(10-3-5-11(17)6-4-10)18-9-14-19-13-7-8-22-15(13)16(21)20-14/h3-8,12,18H,2,9H2,1H3,(H,19,20,21). The van der Waals surface area contributed by atoms with Crippen molar-refractivity contribution in [2.45, 2.75) is 25.9 Å². The summed E-state index contributed by atoms with van der Waals surface area (Å²) in [7, 11) is 0. The molecule has 0 aliphatic carbocycles. The lowest BCUT2D eigenvalue weighted by Crippen LogP contribution is -2.23. The van der Waals surface area contributed by atoms with Gasteiger partial charge < -0.3 is 10.3 Å². The average Bonchev–Trinajstić information content (AvgIpc) is 2.98. The van der Waals surface area contributed by atoms with Crippen LogP contribution >= 0.6 is 27.3 Å². The van der Waals surface area contributed by atoms with Crippen LogP contribution in [0, 0.1) is 0 Å². The zero-order chi connectivity index (χ0) is 15.5. The van der Waals surface area contributed by atoms with Crippen LogP contribution in [-0.2, 0) is 6.54 Å². The van der Waals surface area contributed by atoms with Gasteiger partial charge in [-0.15, -0.1) is 11.3 Å². The van der Waals surface area contributed by atoms with Crippen molar-refractivity contribution in [3.8, 4) is 0 Å². The number of benzene rings is 1. The summed E-state index contributed by atoms with van der Waals surface area (Å²) in [5.41, 5.74) is 1.93. The second-order valence-corrected chi connectivity index (χ2v) is 6.87. The molecule has 0 saturated carbocycles. The maximum Gasteiger partial charge on any atom is 0.268 e. The fraction of sp³-hybridized carbons (Fsp3) is 0.250. The van der Waals surface area contributed by atoms with Crippen molar-refractivity contribution in [1.29, 1.82) is 0 Å². The maximum absolute atomic E-state index is 12.0. The predicted octanol–water partition coefficient (Wildman–Crippen LogP) is 3.99. The zero-order valence-corrected chi connectivity index (χ0v) is 14.5. The van der Waals surface area contributed by atoms with Crippen LogP contribution < -0.4 is 10.9 Å². The van der Waals surface area contributed by atoms with E-state index < -0.39 is 0 Å². The summed E-state index contributed by atoms with van der Waals surface area (Å²) in [6.45, 7) is 2.67. The third-order valence-corrected chi connectivity index (χ3v) is 4.99. The number of nitrogens with one attached hydrogen (secondary N) is 2. The Morgan fingerprint density at radius 1 is 1.32 bits per heavy atom. The van der Waals surface area contributed by atoms with Crippen LogP contribution in [0.5, 0.6) is 0 Å². The number of rotatable bonds is 5. The molecule has 1 atom stereocenters. The summed E-state index contributed by atoms with van der Waals surface area (Å²) in [6.07, 6.45) is 0.965. The minimum Gasteiger partial charge on any atom is -0.308 e. The summed E-state index contributed by atoms with van der Waals surface area (Å²) in [4.78, 5) is 19.3. The molecule has 3 rings (SSSR count). The highest BCUT2D eigenvalue weighted by molar-refractivity contribution is 9.10. The Labute approximate surface area is 140 Å². The first-order valence-corrected chi connectivity index (χ1v) is 8.80. The van der Waals surface area contributed by atoms with E-state index in [2.05, 4.69) is 50.3 Å². The lowest BCUT2D eigenvalue weighted by molar-refractivity contribution is 0.508. The summed E-state index contributed by atoms with van der Waals surface area (Å²) < 4.78 is 1.75. The van der Waals surface area contributed by atoms with Gasteiger partial charge in [0.15, 0.2) is 0 Å². The highest BCUT2D eigenvalue weighted by Crippen LogP contribution is 2.20. The van der Waals surface area contributed by atoms with Crippen molar-refractivity contribution in [2.24, 2.45) is 0 Å². The van der Waals surface area contributed by atoms with E-state index in [9.17, 15) is 4.79 Å². The molecule has 0 aliphatic rings. The smallest absolute Gasteiger partial charge is 0.268 e. The molecule has 2 aromatic heterocycles. The Bertz CT molecular complexity index is 825. The van der Waals surface area contributed by atoms with Crippen molar-refractivity contribution < 1.29 is 0 Å². The number of H-pyrrole nitrogens is 1. The average molecular weight is 378 g/mol. The highest BCUT2D eigenvalue weighted by Gasteiger charge is 2.10. The van der Waals surface area contributed by atoms with Crippen LogP contribution in [0.2, 0.25) is 0 Å². The van der Waals surface area contributed by atoms with Gasteiger partial charge in [-0.1, -0.05) is 35.0 Å². The first kappa shape index (κ1) is 15.4. The molecule has 2 N–H and O–H groups in total. The van der Waals surface area contributed by atoms with Crippen LogP contribution in [0.3, 0.4) is 0 Å². The van der Waals surface area contributed by atoms with Crippen LogP contribution in [0.1, 0.15) is 30.8 Å². The third-order valence-electron chi connectivity index (χ3n) is 3.56. The summed E-state index contributed by atoms with van der Waals surface area (Å²) >= 11 is 4.87. The predicted molar refractivity (Wildman–Crippen MR) is 94.3 cm³/mol. The minimum absolute atomic E-state index is 0.0616. The summed E-state index contributed by atoms with van der Waals surface area (Å²) in [6, 6.07) is 10.4. The molecule has 0 fully saturated rings. The highest BCUT2D eigenvalue weighted by atomic mass is 79.9. The van der Waals surface area contributed by atoms with Gasteiger partial charge >= 0.3 is 0 Å². The number of aromatic nitrogens is 2. The van der Waals surface area contributed by atoms with Gasteiger partial charge in [-0.05, 0) is 35.6 Å². The van der Waals surface area contributed by atoms with Crippen molar-refractivity contribution >= 4 is 37.5 Å². The van der Waals surface area contributed by atoms with Gasteiger partial charge in [0.2, 0.25) is 0 Å². The monoisotopic (exact) mass is 377 g/mol. The maximum atomic E-state index is 12.0. The van der Waals surface area contributed by atoms with E-state index in [0.717, 1.165) is 16.4 Å². The van der Waals surface area contributed by atoms with E-state index >= 15 is 0 Å². The number of fused-ring (bicyclic) bond motifs is 1. The first-order chi connectivity index (χ1) is 10.7. The van der Waals surface area contributed by atoms with Gasteiger partial charge in [-0.2, -0.15) is 0 Å². The lowest BCUT2D eigenvalue weighted by atomic mass is 10.0. The molecular weight excluding hydrogens is 362 g/mol. The fourth-order valence-corrected chi connectivity index (χ4v) is 3.41. The van der Waals surface area contributed by atoms with Crippen LogP contribution in [0.25, 0.3) is 10.2 Å². The Kier molecular flexibility index (Phi) is 4.71. The molecule has 1 unspecified atom stereocenters. The van der Waals surface area contributed by atoms with Crippen molar-refractivity contribution in [1.82, 2.24) is 15.3 Å².